The van der Waals surface area contributed by atoms with Crippen LogP contribution in [0.3, 0.4) is 0 Å². The van der Waals surface area contributed by atoms with Crippen LogP contribution in [-0.4, -0.2) is 37.0 Å². The number of nitrogens with zero attached hydrogens (tertiary/aromatic N) is 1. The van der Waals surface area contributed by atoms with Crippen molar-refractivity contribution >= 4 is 17.5 Å². The number of amides is 2. The molecule has 2 atom stereocenters. The second-order valence-corrected chi connectivity index (χ2v) is 8.10. The summed E-state index contributed by atoms with van der Waals surface area (Å²) < 4.78 is 0. The van der Waals surface area contributed by atoms with Crippen molar-refractivity contribution < 1.29 is 9.59 Å². The van der Waals surface area contributed by atoms with E-state index in [1.54, 1.807) is 0 Å². The molecular formula is C22H35N3O2. The van der Waals surface area contributed by atoms with Gasteiger partial charge >= 0.3 is 0 Å². The van der Waals surface area contributed by atoms with Gasteiger partial charge in [-0.15, -0.1) is 0 Å². The average molecular weight is 374 g/mol. The minimum Gasteiger partial charge on any atom is -0.371 e. The Kier molecular flexibility index (Phi) is 7.69. The van der Waals surface area contributed by atoms with E-state index in [1.807, 2.05) is 45.0 Å². The quantitative estimate of drug-likeness (QED) is 0.768. The zero-order valence-corrected chi connectivity index (χ0v) is 17.4. The van der Waals surface area contributed by atoms with Gasteiger partial charge in [-0.25, -0.2) is 0 Å². The fraction of sp³-hybridized carbons (Fsp3) is 0.636. The summed E-state index contributed by atoms with van der Waals surface area (Å²) in [6.07, 6.45) is 2.67. The van der Waals surface area contributed by atoms with E-state index >= 15 is 0 Å². The molecule has 1 aromatic rings. The average Bonchev–Trinajstić information content (AvgIpc) is 2.67. The highest BCUT2D eigenvalue weighted by atomic mass is 16.2. The summed E-state index contributed by atoms with van der Waals surface area (Å²) in [4.78, 5) is 27.1. The Morgan fingerprint density at radius 1 is 1.11 bits per heavy atom. The molecule has 0 aliphatic carbocycles. The van der Waals surface area contributed by atoms with Crippen LogP contribution in [-0.2, 0) is 4.79 Å². The maximum atomic E-state index is 12.7. The molecule has 1 fully saturated rings. The molecule has 0 spiro atoms. The lowest BCUT2D eigenvalue weighted by Gasteiger charge is -2.35. The van der Waals surface area contributed by atoms with Gasteiger partial charge in [0.2, 0.25) is 5.91 Å². The van der Waals surface area contributed by atoms with E-state index in [0.717, 1.165) is 43.6 Å². The highest BCUT2D eigenvalue weighted by Crippen LogP contribution is 2.25. The van der Waals surface area contributed by atoms with Crippen LogP contribution in [0.1, 0.15) is 64.2 Å². The Balaban J connectivity index is 2.00. The van der Waals surface area contributed by atoms with Gasteiger partial charge in [-0.1, -0.05) is 39.8 Å². The number of carbonyl (C=O) groups excluding carboxylic acids is 2. The van der Waals surface area contributed by atoms with Crippen LogP contribution in [0.2, 0.25) is 0 Å². The summed E-state index contributed by atoms with van der Waals surface area (Å²) in [6, 6.07) is 8.17. The Bertz CT molecular complexity index is 636. The van der Waals surface area contributed by atoms with Gasteiger partial charge in [0.15, 0.2) is 0 Å². The number of anilines is 1. The Labute approximate surface area is 163 Å². The molecule has 1 aliphatic heterocycles. The monoisotopic (exact) mass is 373 g/mol. The van der Waals surface area contributed by atoms with Crippen LogP contribution >= 0.6 is 0 Å². The van der Waals surface area contributed by atoms with Gasteiger partial charge in [-0.3, -0.25) is 9.59 Å². The molecule has 1 heterocycles. The SMILES string of the molecule is CCC(C)C(=O)NC1CCN(c2ccccc2C(=O)NC(C)C(C)C)CC1. The molecule has 2 unspecified atom stereocenters. The van der Waals surface area contributed by atoms with Gasteiger partial charge < -0.3 is 15.5 Å². The number of carbonyl (C=O) groups is 2. The van der Waals surface area contributed by atoms with Gasteiger partial charge in [0.25, 0.3) is 5.91 Å². The highest BCUT2D eigenvalue weighted by Gasteiger charge is 2.25. The fourth-order valence-electron chi connectivity index (χ4n) is 3.19. The predicted octanol–water partition coefficient (Wildman–Crippen LogP) is 3.59. The van der Waals surface area contributed by atoms with Crippen molar-refractivity contribution in [3.63, 3.8) is 0 Å². The van der Waals surface area contributed by atoms with Crippen molar-refractivity contribution in [2.45, 2.75) is 66.0 Å². The number of piperidine rings is 1. The van der Waals surface area contributed by atoms with Gasteiger partial charge in [-0.05, 0) is 44.2 Å². The van der Waals surface area contributed by atoms with Crippen LogP contribution < -0.4 is 15.5 Å². The maximum absolute atomic E-state index is 12.7. The Morgan fingerprint density at radius 3 is 2.33 bits per heavy atom. The first-order valence-corrected chi connectivity index (χ1v) is 10.3. The molecule has 0 aromatic heterocycles. The summed E-state index contributed by atoms with van der Waals surface area (Å²) in [5.74, 6) is 0.596. The van der Waals surface area contributed by atoms with Crippen LogP contribution in [0.15, 0.2) is 24.3 Å². The van der Waals surface area contributed by atoms with E-state index in [9.17, 15) is 9.59 Å². The third-order valence-corrected chi connectivity index (χ3v) is 5.75. The largest absolute Gasteiger partial charge is 0.371 e. The van der Waals surface area contributed by atoms with E-state index in [1.165, 1.54) is 0 Å². The third kappa shape index (κ3) is 5.72. The van der Waals surface area contributed by atoms with Crippen LogP contribution in [0.5, 0.6) is 0 Å². The number of hydrogen-bond donors (Lipinski definition) is 2. The molecule has 5 nitrogen and oxygen atoms in total. The molecule has 27 heavy (non-hydrogen) atoms. The van der Waals surface area contributed by atoms with Crippen molar-refractivity contribution in [2.24, 2.45) is 11.8 Å². The van der Waals surface area contributed by atoms with E-state index < -0.39 is 0 Å². The highest BCUT2D eigenvalue weighted by molar-refractivity contribution is 6.00. The van der Waals surface area contributed by atoms with E-state index in [-0.39, 0.29) is 29.8 Å². The van der Waals surface area contributed by atoms with E-state index in [0.29, 0.717) is 5.92 Å². The second-order valence-electron chi connectivity index (χ2n) is 8.10. The predicted molar refractivity (Wildman–Crippen MR) is 111 cm³/mol. The normalized spacial score (nSPS) is 17.5. The summed E-state index contributed by atoms with van der Waals surface area (Å²) >= 11 is 0. The number of hydrogen-bond acceptors (Lipinski definition) is 3. The Hall–Kier alpha value is -2.04. The molecular weight excluding hydrogens is 338 g/mol. The molecule has 1 saturated heterocycles. The molecule has 0 radical (unpaired) electrons. The van der Waals surface area contributed by atoms with Crippen molar-refractivity contribution in [2.75, 3.05) is 18.0 Å². The van der Waals surface area contributed by atoms with Crippen molar-refractivity contribution in [3.8, 4) is 0 Å². The summed E-state index contributed by atoms with van der Waals surface area (Å²) in [5.41, 5.74) is 1.71. The summed E-state index contributed by atoms with van der Waals surface area (Å²) in [5, 5.41) is 6.28. The van der Waals surface area contributed by atoms with Gasteiger partial charge in [0.1, 0.15) is 0 Å². The number of para-hydroxylation sites is 1. The molecule has 0 bridgehead atoms. The fourth-order valence-corrected chi connectivity index (χ4v) is 3.19. The molecule has 1 aromatic carbocycles. The smallest absolute Gasteiger partial charge is 0.253 e. The van der Waals surface area contributed by atoms with E-state index in [4.69, 9.17) is 0 Å². The van der Waals surface area contributed by atoms with Gasteiger partial charge in [0.05, 0.1) is 5.56 Å². The number of rotatable bonds is 7. The van der Waals surface area contributed by atoms with Crippen LogP contribution in [0.4, 0.5) is 5.69 Å². The molecule has 2 amide bonds. The van der Waals surface area contributed by atoms with Crippen molar-refractivity contribution in [1.82, 2.24) is 10.6 Å². The lowest BCUT2D eigenvalue weighted by atomic mass is 10.0. The van der Waals surface area contributed by atoms with Crippen LogP contribution in [0.25, 0.3) is 0 Å². The zero-order chi connectivity index (χ0) is 20.0. The molecule has 1 aliphatic rings. The maximum Gasteiger partial charge on any atom is 0.253 e. The standard InChI is InChI=1S/C22H35N3O2/c1-6-16(4)21(26)24-18-11-13-25(14-12-18)20-10-8-7-9-19(20)22(27)23-17(5)15(2)3/h7-10,15-18H,6,11-14H2,1-5H3,(H,23,27)(H,24,26). The zero-order valence-electron chi connectivity index (χ0n) is 17.4. The van der Waals surface area contributed by atoms with Crippen molar-refractivity contribution in [3.05, 3.63) is 29.8 Å². The number of benzene rings is 1. The first kappa shape index (κ1) is 21.3. The van der Waals surface area contributed by atoms with Crippen LogP contribution in [0, 0.1) is 11.8 Å². The van der Waals surface area contributed by atoms with Crippen molar-refractivity contribution in [1.29, 1.82) is 0 Å². The lowest BCUT2D eigenvalue weighted by Crippen LogP contribution is -2.46. The Morgan fingerprint density at radius 2 is 1.74 bits per heavy atom. The first-order chi connectivity index (χ1) is 12.8. The minimum atomic E-state index is -0.0148. The topological polar surface area (TPSA) is 61.4 Å². The molecule has 2 rings (SSSR count). The minimum absolute atomic E-state index is 0.0148. The van der Waals surface area contributed by atoms with Gasteiger partial charge in [-0.2, -0.15) is 0 Å². The first-order valence-electron chi connectivity index (χ1n) is 10.3. The molecule has 150 valence electrons. The second kappa shape index (κ2) is 9.77. The third-order valence-electron chi connectivity index (χ3n) is 5.75. The molecule has 2 N–H and O–H groups in total. The lowest BCUT2D eigenvalue weighted by molar-refractivity contribution is -0.125. The summed E-state index contributed by atoms with van der Waals surface area (Å²) in [6.45, 7) is 11.9. The molecule has 5 heteroatoms. The van der Waals surface area contributed by atoms with E-state index in [2.05, 4.69) is 29.4 Å². The molecule has 0 saturated carbocycles. The van der Waals surface area contributed by atoms with Gasteiger partial charge in [0, 0.05) is 36.8 Å². The summed E-state index contributed by atoms with van der Waals surface area (Å²) in [7, 11) is 0. The number of nitrogens with one attached hydrogen (secondary N) is 2.